The van der Waals surface area contributed by atoms with E-state index in [1.165, 1.54) is 77.0 Å². The van der Waals surface area contributed by atoms with Crippen molar-refractivity contribution in [3.63, 3.8) is 0 Å². The third-order valence-electron chi connectivity index (χ3n) is 9.38. The molecule has 0 aromatic carbocycles. The van der Waals surface area contributed by atoms with Gasteiger partial charge in [-0.3, -0.25) is 0 Å². The van der Waals surface area contributed by atoms with Gasteiger partial charge in [-0.2, -0.15) is 0 Å². The van der Waals surface area contributed by atoms with Gasteiger partial charge >= 0.3 is 0 Å². The normalized spacial score (nSPS) is 44.6. The summed E-state index contributed by atoms with van der Waals surface area (Å²) in [5.41, 5.74) is 7.44. The third-order valence-corrected chi connectivity index (χ3v) is 9.38. The molecule has 0 bridgehead atoms. The fraction of sp³-hybridized carbons (Fsp3) is 0.769. The molecule has 0 aliphatic heterocycles. The van der Waals surface area contributed by atoms with Crippen LogP contribution in [0.1, 0.15) is 89.9 Å². The van der Waals surface area contributed by atoms with Crippen molar-refractivity contribution < 1.29 is 0 Å². The molecule has 6 unspecified atom stereocenters. The average Bonchev–Trinajstić information content (AvgIpc) is 2.71. The van der Waals surface area contributed by atoms with Crippen molar-refractivity contribution in [3.8, 4) is 0 Å². The molecule has 0 aromatic rings. The topological polar surface area (TPSA) is 0 Å². The van der Waals surface area contributed by atoms with E-state index in [4.69, 9.17) is 0 Å². The second kappa shape index (κ2) is 6.39. The molecule has 0 heteroatoms. The number of fused-ring (bicyclic) bond motifs is 7. The first-order chi connectivity index (χ1) is 12.9. The average molecular weight is 349 g/mol. The Hall–Kier alpha value is -0.780. The molecule has 6 atom stereocenters. The van der Waals surface area contributed by atoms with Crippen molar-refractivity contribution in [3.05, 3.63) is 34.4 Å². The lowest BCUT2D eigenvalue weighted by Crippen LogP contribution is -2.42. The Balaban J connectivity index is 1.48. The highest BCUT2D eigenvalue weighted by Crippen LogP contribution is 2.59. The second-order valence-electron chi connectivity index (χ2n) is 10.5. The maximum atomic E-state index is 2.78. The molecule has 0 heterocycles. The van der Waals surface area contributed by atoms with E-state index >= 15 is 0 Å². The molecule has 0 amide bonds. The van der Waals surface area contributed by atoms with Crippen molar-refractivity contribution >= 4 is 0 Å². The summed E-state index contributed by atoms with van der Waals surface area (Å²) in [6.45, 7) is 0. The first-order valence-electron chi connectivity index (χ1n) is 12.0. The summed E-state index contributed by atoms with van der Waals surface area (Å²) < 4.78 is 0. The van der Waals surface area contributed by atoms with E-state index in [1.807, 2.05) is 22.3 Å². The summed E-state index contributed by atoms with van der Waals surface area (Å²) in [6, 6.07) is 0. The van der Waals surface area contributed by atoms with Crippen molar-refractivity contribution in [1.82, 2.24) is 0 Å². The lowest BCUT2D eigenvalue weighted by Gasteiger charge is -2.53. The van der Waals surface area contributed by atoms with Crippen LogP contribution in [0.4, 0.5) is 0 Å². The van der Waals surface area contributed by atoms with Crippen LogP contribution in [0.25, 0.3) is 0 Å². The Bertz CT molecular complexity index is 616. The zero-order valence-corrected chi connectivity index (χ0v) is 16.5. The van der Waals surface area contributed by atoms with Crippen LogP contribution in [-0.2, 0) is 0 Å². The maximum absolute atomic E-state index is 2.78. The molecule has 6 aliphatic carbocycles. The molecule has 26 heavy (non-hydrogen) atoms. The molecule has 0 spiro atoms. The molecule has 0 radical (unpaired) electrons. The summed E-state index contributed by atoms with van der Waals surface area (Å²) in [5.74, 6) is 5.83. The van der Waals surface area contributed by atoms with Gasteiger partial charge in [0, 0.05) is 0 Å². The fourth-order valence-corrected chi connectivity index (χ4v) is 8.21. The van der Waals surface area contributed by atoms with Gasteiger partial charge in [0.15, 0.2) is 0 Å². The Labute approximate surface area is 160 Å². The van der Waals surface area contributed by atoms with E-state index in [0.29, 0.717) is 0 Å². The Morgan fingerprint density at radius 2 is 1.00 bits per heavy atom. The zero-order chi connectivity index (χ0) is 17.1. The van der Waals surface area contributed by atoms with Gasteiger partial charge in [-0.05, 0) is 111 Å². The fourth-order valence-electron chi connectivity index (χ4n) is 8.21. The molecular weight excluding hydrogens is 312 g/mol. The maximum Gasteiger partial charge on any atom is -0.0122 e. The van der Waals surface area contributed by atoms with Crippen molar-refractivity contribution in [2.24, 2.45) is 35.5 Å². The van der Waals surface area contributed by atoms with Crippen LogP contribution >= 0.6 is 0 Å². The van der Waals surface area contributed by atoms with Gasteiger partial charge in [0.25, 0.3) is 0 Å². The van der Waals surface area contributed by atoms with Gasteiger partial charge in [-0.1, -0.05) is 49.0 Å². The van der Waals surface area contributed by atoms with Crippen molar-refractivity contribution in [2.45, 2.75) is 89.9 Å². The van der Waals surface area contributed by atoms with Gasteiger partial charge in [-0.15, -0.1) is 0 Å². The Kier molecular flexibility index (Phi) is 3.98. The van der Waals surface area contributed by atoms with Crippen LogP contribution in [-0.4, -0.2) is 0 Å². The van der Waals surface area contributed by atoms with Crippen molar-refractivity contribution in [1.29, 1.82) is 0 Å². The van der Waals surface area contributed by atoms with Crippen molar-refractivity contribution in [2.75, 3.05) is 0 Å². The van der Waals surface area contributed by atoms with Crippen LogP contribution in [0.15, 0.2) is 34.4 Å². The van der Waals surface area contributed by atoms with E-state index < -0.39 is 0 Å². The van der Waals surface area contributed by atoms with Crippen LogP contribution < -0.4 is 0 Å². The van der Waals surface area contributed by atoms with Gasteiger partial charge in [0.05, 0.1) is 0 Å². The van der Waals surface area contributed by atoms with Crippen LogP contribution in [0.3, 0.4) is 0 Å². The summed E-state index contributed by atoms with van der Waals surface area (Å²) in [7, 11) is 0. The molecule has 0 nitrogen and oxygen atoms in total. The number of hydrogen-bond acceptors (Lipinski definition) is 0. The molecule has 0 aromatic heterocycles. The van der Waals surface area contributed by atoms with E-state index in [1.54, 1.807) is 12.8 Å². The monoisotopic (exact) mass is 348 g/mol. The number of hydrogen-bond donors (Lipinski definition) is 0. The summed E-state index contributed by atoms with van der Waals surface area (Å²) in [4.78, 5) is 0. The molecule has 3 fully saturated rings. The first-order valence-corrected chi connectivity index (χ1v) is 12.0. The van der Waals surface area contributed by atoms with Gasteiger partial charge < -0.3 is 0 Å². The molecule has 140 valence electrons. The Morgan fingerprint density at radius 1 is 0.538 bits per heavy atom. The van der Waals surface area contributed by atoms with Crippen LogP contribution in [0.2, 0.25) is 0 Å². The van der Waals surface area contributed by atoms with E-state index in [9.17, 15) is 0 Å². The van der Waals surface area contributed by atoms with Crippen LogP contribution in [0.5, 0.6) is 0 Å². The minimum Gasteiger partial charge on any atom is -0.0668 e. The quantitative estimate of drug-likeness (QED) is 0.428. The largest absolute Gasteiger partial charge is 0.0668 e. The lowest BCUT2D eigenvalue weighted by molar-refractivity contribution is 0.0891. The van der Waals surface area contributed by atoms with E-state index in [-0.39, 0.29) is 0 Å². The predicted molar refractivity (Wildman–Crippen MR) is 109 cm³/mol. The smallest absolute Gasteiger partial charge is 0.0122 e. The minimum atomic E-state index is 0.926. The standard InChI is InChI=1S/C26H36/c1-3-9-19-15-25-23(13-17(19)7-1)21-11-5-6-12-22(21)24-14-18-8-2-4-10-20(18)16-26(24)25/h15-18,21-24H,1-14H2. The second-order valence-corrected chi connectivity index (χ2v) is 10.5. The predicted octanol–water partition coefficient (Wildman–Crippen LogP) is 7.38. The minimum absolute atomic E-state index is 0.926. The third kappa shape index (κ3) is 2.46. The molecule has 6 rings (SSSR count). The highest BCUT2D eigenvalue weighted by Gasteiger charge is 2.48. The first kappa shape index (κ1) is 16.2. The lowest BCUT2D eigenvalue weighted by atomic mass is 9.52. The molecule has 3 saturated carbocycles. The number of allylic oxidation sites excluding steroid dienone is 6. The van der Waals surface area contributed by atoms with E-state index in [0.717, 1.165) is 35.5 Å². The van der Waals surface area contributed by atoms with Gasteiger partial charge in [0.2, 0.25) is 0 Å². The number of rotatable bonds is 0. The summed E-state index contributed by atoms with van der Waals surface area (Å²) in [5, 5.41) is 0. The zero-order valence-electron chi connectivity index (χ0n) is 16.5. The highest BCUT2D eigenvalue weighted by molar-refractivity contribution is 5.47. The van der Waals surface area contributed by atoms with Gasteiger partial charge in [-0.25, -0.2) is 0 Å². The molecule has 6 aliphatic rings. The molecule has 0 saturated heterocycles. The molecule has 0 N–H and O–H groups in total. The van der Waals surface area contributed by atoms with Gasteiger partial charge in [0.1, 0.15) is 0 Å². The molecular formula is C26H36. The Morgan fingerprint density at radius 3 is 1.50 bits per heavy atom. The summed E-state index contributed by atoms with van der Waals surface area (Å²) in [6.07, 6.45) is 26.4. The van der Waals surface area contributed by atoms with Crippen LogP contribution in [0, 0.1) is 35.5 Å². The summed E-state index contributed by atoms with van der Waals surface area (Å²) >= 11 is 0. The SMILES string of the molecule is C1=C2CCCCC2CC2C1=C1C=C3CCCCC3CC1C1CCCCC21. The highest BCUT2D eigenvalue weighted by atomic mass is 14.5. The van der Waals surface area contributed by atoms with E-state index in [2.05, 4.69) is 12.2 Å².